The average molecular weight is 631 g/mol. The number of nitrogens with zero attached hydrogens (tertiary/aromatic N) is 1. The largest absolute Gasteiger partial charge is 0.512 e. The first-order valence-corrected chi connectivity index (χ1v) is 10.4. The minimum atomic E-state index is -0.622. The molecule has 0 atom stereocenters. The van der Waals surface area contributed by atoms with Gasteiger partial charge in [-0.1, -0.05) is 60.6 Å². The second kappa shape index (κ2) is 11.1. The molecule has 0 saturated carbocycles. The summed E-state index contributed by atoms with van der Waals surface area (Å²) in [5.41, 5.74) is 2.10. The molecular formula is C27H30F2IrNO2-. The number of halogens is 2. The quantitative estimate of drug-likeness (QED) is 0.183. The molecule has 2 aromatic carbocycles. The van der Waals surface area contributed by atoms with Crippen LogP contribution in [0.4, 0.5) is 8.78 Å². The van der Waals surface area contributed by atoms with Crippen LogP contribution < -0.4 is 0 Å². The second-order valence-electron chi connectivity index (χ2n) is 9.82. The van der Waals surface area contributed by atoms with Gasteiger partial charge in [-0.15, -0.1) is 35.4 Å². The van der Waals surface area contributed by atoms with Crippen molar-refractivity contribution in [2.24, 2.45) is 10.8 Å². The Hall–Kier alpha value is -2.43. The number of hydrogen-bond donors (Lipinski definition) is 1. The van der Waals surface area contributed by atoms with Crippen LogP contribution in [-0.4, -0.2) is 15.9 Å². The van der Waals surface area contributed by atoms with Gasteiger partial charge in [0, 0.05) is 48.5 Å². The Labute approximate surface area is 208 Å². The molecule has 0 aliphatic heterocycles. The molecule has 0 aliphatic rings. The molecule has 1 heterocycles. The fourth-order valence-corrected chi connectivity index (χ4v) is 2.59. The first kappa shape index (κ1) is 28.6. The van der Waals surface area contributed by atoms with Crippen molar-refractivity contribution in [1.29, 1.82) is 0 Å². The summed E-state index contributed by atoms with van der Waals surface area (Å²) in [6, 6.07) is 14.2. The maximum Gasteiger partial charge on any atom is 0.164 e. The fourth-order valence-electron chi connectivity index (χ4n) is 2.59. The smallest absolute Gasteiger partial charge is 0.164 e. The molecule has 1 aromatic heterocycles. The molecule has 3 nitrogen and oxygen atoms in total. The second-order valence-corrected chi connectivity index (χ2v) is 9.82. The summed E-state index contributed by atoms with van der Waals surface area (Å²) in [7, 11) is 0. The van der Waals surface area contributed by atoms with Crippen molar-refractivity contribution >= 4 is 16.7 Å². The Balaban J connectivity index is 0.000000346. The van der Waals surface area contributed by atoms with Gasteiger partial charge >= 0.3 is 0 Å². The zero-order valence-corrected chi connectivity index (χ0v) is 22.4. The van der Waals surface area contributed by atoms with Crippen molar-refractivity contribution in [1.82, 2.24) is 4.98 Å². The van der Waals surface area contributed by atoms with Crippen LogP contribution in [0.2, 0.25) is 0 Å². The maximum atomic E-state index is 13.6. The Bertz CT molecular complexity index is 1160. The van der Waals surface area contributed by atoms with Gasteiger partial charge in [-0.05, 0) is 11.8 Å². The minimum absolute atomic E-state index is 0. The minimum Gasteiger partial charge on any atom is -0.512 e. The Morgan fingerprint density at radius 3 is 2.18 bits per heavy atom. The van der Waals surface area contributed by atoms with Crippen molar-refractivity contribution in [2.75, 3.05) is 0 Å². The van der Waals surface area contributed by atoms with Crippen LogP contribution in [-0.2, 0) is 24.9 Å². The number of fused-ring (bicyclic) bond motifs is 1. The molecular weight excluding hydrogens is 601 g/mol. The molecule has 0 amide bonds. The third kappa shape index (κ3) is 8.13. The van der Waals surface area contributed by atoms with Crippen LogP contribution in [0.3, 0.4) is 0 Å². The molecule has 3 rings (SSSR count). The van der Waals surface area contributed by atoms with E-state index in [0.29, 0.717) is 16.6 Å². The summed E-state index contributed by atoms with van der Waals surface area (Å²) < 4.78 is 26.8. The topological polar surface area (TPSA) is 50.2 Å². The Morgan fingerprint density at radius 2 is 1.64 bits per heavy atom. The van der Waals surface area contributed by atoms with Crippen LogP contribution >= 0.6 is 0 Å². The predicted molar refractivity (Wildman–Crippen MR) is 125 cm³/mol. The summed E-state index contributed by atoms with van der Waals surface area (Å²) >= 11 is 0. The van der Waals surface area contributed by atoms with Crippen LogP contribution in [0.15, 0.2) is 54.3 Å². The van der Waals surface area contributed by atoms with Gasteiger partial charge in [-0.2, -0.15) is 0 Å². The average Bonchev–Trinajstić information content (AvgIpc) is 2.66. The summed E-state index contributed by atoms with van der Waals surface area (Å²) in [6.07, 6.45) is 1.33. The van der Waals surface area contributed by atoms with E-state index < -0.39 is 17.0 Å². The molecule has 33 heavy (non-hydrogen) atoms. The number of pyridine rings is 1. The van der Waals surface area contributed by atoms with E-state index in [-0.39, 0.29) is 37.1 Å². The number of allylic oxidation sites excluding steroid dienone is 2. The van der Waals surface area contributed by atoms with Gasteiger partial charge in [0.2, 0.25) is 0 Å². The number of aromatic nitrogens is 1. The van der Waals surface area contributed by atoms with Crippen LogP contribution in [0.5, 0.6) is 0 Å². The van der Waals surface area contributed by atoms with Gasteiger partial charge < -0.3 is 5.11 Å². The van der Waals surface area contributed by atoms with Crippen molar-refractivity contribution in [3.05, 3.63) is 77.6 Å². The third-order valence-electron chi connectivity index (χ3n) is 4.73. The summed E-state index contributed by atoms with van der Waals surface area (Å²) in [5, 5.41) is 9.88. The van der Waals surface area contributed by atoms with Crippen LogP contribution in [0.25, 0.3) is 22.2 Å². The van der Waals surface area contributed by atoms with E-state index in [9.17, 15) is 18.7 Å². The first-order chi connectivity index (χ1) is 14.7. The predicted octanol–water partition coefficient (Wildman–Crippen LogP) is 7.38. The number of aliphatic hydroxyl groups excluding tert-OH is 1. The van der Waals surface area contributed by atoms with E-state index in [4.69, 9.17) is 0 Å². The van der Waals surface area contributed by atoms with Crippen LogP contribution in [0.1, 0.15) is 47.1 Å². The number of carbonyl (C=O) groups is 1. The number of aliphatic hydroxyl groups is 1. The number of ketones is 1. The van der Waals surface area contributed by atoms with Gasteiger partial charge in [0.15, 0.2) is 5.78 Å². The fraction of sp³-hybridized carbons (Fsp3) is 0.333. The SMILES string of the molecule is CC(C)(C)C(=O)/C=C(\O)C(C)(C)C.Cc1cc[c-]c(-c2ccc3c(F)cc(F)cc3n2)c1.[Ir]. The van der Waals surface area contributed by atoms with Gasteiger partial charge in [0.25, 0.3) is 0 Å². The van der Waals surface area contributed by atoms with E-state index in [2.05, 4.69) is 11.1 Å². The number of rotatable bonds is 2. The standard InChI is InChI=1S/C16H10F2N.C11H20O2.Ir/c1-10-3-2-4-11(7-10)15-6-5-13-14(18)8-12(17)9-16(13)19-15;1-10(2,3)8(12)7-9(13)11(4,5)6;/h2-3,5-9H,1H3;7,12H,1-6H3;/q-1;;/b;8-7-;. The number of carbonyl (C=O) groups excluding carboxylic acids is 1. The molecule has 0 unspecified atom stereocenters. The first-order valence-electron chi connectivity index (χ1n) is 10.4. The van der Waals surface area contributed by atoms with E-state index in [1.54, 1.807) is 12.1 Å². The Kier molecular flexibility index (Phi) is 9.65. The van der Waals surface area contributed by atoms with Crippen molar-refractivity contribution < 1.29 is 38.8 Å². The molecule has 0 aliphatic carbocycles. The monoisotopic (exact) mass is 631 g/mol. The van der Waals surface area contributed by atoms with Crippen LogP contribution in [0, 0.1) is 35.5 Å². The van der Waals surface area contributed by atoms with Crippen molar-refractivity contribution in [2.45, 2.75) is 48.5 Å². The van der Waals surface area contributed by atoms with Crippen molar-refractivity contribution in [3.8, 4) is 11.3 Å². The Morgan fingerprint density at radius 1 is 1.00 bits per heavy atom. The number of benzene rings is 2. The molecule has 0 spiro atoms. The molecule has 3 aromatic rings. The molecule has 179 valence electrons. The zero-order chi connectivity index (χ0) is 24.3. The van der Waals surface area contributed by atoms with E-state index in [1.165, 1.54) is 12.1 Å². The van der Waals surface area contributed by atoms with Crippen molar-refractivity contribution in [3.63, 3.8) is 0 Å². The molecule has 6 heteroatoms. The normalized spacial score (nSPS) is 12.0. The summed E-state index contributed by atoms with van der Waals surface area (Å²) in [4.78, 5) is 15.8. The van der Waals surface area contributed by atoms with Gasteiger partial charge in [0.05, 0.1) is 5.52 Å². The molecule has 1 radical (unpaired) electrons. The zero-order valence-electron chi connectivity index (χ0n) is 20.0. The van der Waals surface area contributed by atoms with Gasteiger partial charge in [-0.25, -0.2) is 8.78 Å². The summed E-state index contributed by atoms with van der Waals surface area (Å²) in [6.45, 7) is 13.1. The third-order valence-corrected chi connectivity index (χ3v) is 4.73. The maximum absolute atomic E-state index is 13.6. The molecule has 0 fully saturated rings. The van der Waals surface area contributed by atoms with E-state index in [1.807, 2.05) is 66.7 Å². The molecule has 1 N–H and O–H groups in total. The van der Waals surface area contributed by atoms with E-state index in [0.717, 1.165) is 17.2 Å². The van der Waals surface area contributed by atoms with Gasteiger partial charge in [-0.3, -0.25) is 9.78 Å². The number of hydrogen-bond acceptors (Lipinski definition) is 3. The van der Waals surface area contributed by atoms with E-state index >= 15 is 0 Å². The molecule has 0 bridgehead atoms. The summed E-state index contributed by atoms with van der Waals surface area (Å²) in [5.74, 6) is -1.11. The number of aryl methyl sites for hydroxylation is 1. The van der Waals surface area contributed by atoms with Gasteiger partial charge in [0.1, 0.15) is 17.4 Å². The molecule has 0 saturated heterocycles.